The van der Waals surface area contributed by atoms with Gasteiger partial charge in [0.25, 0.3) is 0 Å². The summed E-state index contributed by atoms with van der Waals surface area (Å²) in [6.07, 6.45) is 0. The van der Waals surface area contributed by atoms with Crippen LogP contribution in [0.15, 0.2) is 27.7 Å². The minimum atomic E-state index is -3.53. The maximum atomic E-state index is 12.7. The fraction of sp³-hybridized carbons (Fsp3) is 0.500. The van der Waals surface area contributed by atoms with E-state index in [1.54, 1.807) is 18.2 Å². The highest BCUT2D eigenvalue weighted by atomic mass is 32.2. The molecule has 1 aromatic carbocycles. The molecule has 0 unspecified atom stereocenters. The standard InChI is InChI=1S/C12H16N4O3S/c1-2-15-6-8-16(9-7-15)20(17,18)11-5-3-4-10-12(11)14-19-13-10/h3-5H,2,6-9H2,1H3/p+1. The molecule has 1 N–H and O–H groups in total. The number of rotatable bonds is 3. The first-order valence-electron chi connectivity index (χ1n) is 6.68. The summed E-state index contributed by atoms with van der Waals surface area (Å²) in [6.45, 7) is 5.88. The molecule has 8 heteroatoms. The molecule has 0 saturated carbocycles. The van der Waals surface area contributed by atoms with Crippen LogP contribution in [0.25, 0.3) is 11.0 Å². The van der Waals surface area contributed by atoms with E-state index >= 15 is 0 Å². The number of sulfonamides is 1. The van der Waals surface area contributed by atoms with Crippen molar-refractivity contribution in [1.82, 2.24) is 14.6 Å². The smallest absolute Gasteiger partial charge is 0.245 e. The Morgan fingerprint density at radius 3 is 2.75 bits per heavy atom. The molecule has 1 saturated heterocycles. The molecule has 1 aliphatic heterocycles. The third kappa shape index (κ3) is 2.19. The van der Waals surface area contributed by atoms with Crippen molar-refractivity contribution in [3.63, 3.8) is 0 Å². The van der Waals surface area contributed by atoms with Crippen LogP contribution in [-0.4, -0.2) is 55.8 Å². The van der Waals surface area contributed by atoms with Gasteiger partial charge in [0.05, 0.1) is 32.7 Å². The van der Waals surface area contributed by atoms with E-state index in [9.17, 15) is 8.42 Å². The fourth-order valence-electron chi connectivity index (χ4n) is 2.52. The molecule has 0 amide bonds. The first kappa shape index (κ1) is 13.5. The Bertz CT molecular complexity index is 704. The fourth-order valence-corrected chi connectivity index (χ4v) is 4.10. The molecule has 0 radical (unpaired) electrons. The van der Waals surface area contributed by atoms with E-state index in [1.807, 2.05) is 0 Å². The van der Waals surface area contributed by atoms with Gasteiger partial charge in [-0.15, -0.1) is 0 Å². The number of quaternary nitrogens is 1. The number of nitrogens with zero attached hydrogens (tertiary/aromatic N) is 3. The van der Waals surface area contributed by atoms with E-state index in [-0.39, 0.29) is 4.90 Å². The molecule has 1 aromatic heterocycles. The molecule has 0 atom stereocenters. The molecule has 3 rings (SSSR count). The van der Waals surface area contributed by atoms with Gasteiger partial charge in [0, 0.05) is 0 Å². The summed E-state index contributed by atoms with van der Waals surface area (Å²) in [5.41, 5.74) is 0.765. The van der Waals surface area contributed by atoms with Crippen molar-refractivity contribution in [3.05, 3.63) is 18.2 Å². The summed E-state index contributed by atoms with van der Waals surface area (Å²) >= 11 is 0. The van der Waals surface area contributed by atoms with Gasteiger partial charge in [-0.25, -0.2) is 13.0 Å². The third-order valence-corrected chi connectivity index (χ3v) is 5.73. The first-order chi connectivity index (χ1) is 9.63. The lowest BCUT2D eigenvalue weighted by Gasteiger charge is -2.30. The minimum absolute atomic E-state index is 0.177. The summed E-state index contributed by atoms with van der Waals surface area (Å²) in [7, 11) is -3.53. The molecular weight excluding hydrogens is 280 g/mol. The van der Waals surface area contributed by atoms with Gasteiger partial charge >= 0.3 is 0 Å². The molecule has 0 spiro atoms. The van der Waals surface area contributed by atoms with E-state index in [0.29, 0.717) is 24.1 Å². The monoisotopic (exact) mass is 297 g/mol. The number of piperazine rings is 1. The molecule has 1 aliphatic rings. The zero-order valence-corrected chi connectivity index (χ0v) is 12.1. The minimum Gasteiger partial charge on any atom is -0.333 e. The van der Waals surface area contributed by atoms with Crippen molar-refractivity contribution in [2.24, 2.45) is 0 Å². The molecule has 0 aliphatic carbocycles. The molecular formula is C12H17N4O3S+. The molecule has 20 heavy (non-hydrogen) atoms. The van der Waals surface area contributed by atoms with Crippen LogP contribution in [-0.2, 0) is 10.0 Å². The van der Waals surface area contributed by atoms with Crippen molar-refractivity contribution in [2.45, 2.75) is 11.8 Å². The predicted molar refractivity (Wildman–Crippen MR) is 71.8 cm³/mol. The van der Waals surface area contributed by atoms with E-state index < -0.39 is 10.0 Å². The maximum Gasteiger partial charge on any atom is 0.245 e. The average molecular weight is 297 g/mol. The van der Waals surface area contributed by atoms with Crippen LogP contribution in [0, 0.1) is 0 Å². The molecule has 7 nitrogen and oxygen atoms in total. The van der Waals surface area contributed by atoms with Crippen LogP contribution < -0.4 is 4.90 Å². The summed E-state index contributed by atoms with van der Waals surface area (Å²) in [5, 5.41) is 7.40. The van der Waals surface area contributed by atoms with Gasteiger partial charge in [-0.1, -0.05) is 6.07 Å². The number of fused-ring (bicyclic) bond motifs is 1. The van der Waals surface area contributed by atoms with E-state index in [4.69, 9.17) is 0 Å². The number of nitrogens with one attached hydrogen (secondary N) is 1. The first-order valence-corrected chi connectivity index (χ1v) is 8.12. The second kappa shape index (κ2) is 5.12. The summed E-state index contributed by atoms with van der Waals surface area (Å²) in [5.74, 6) is 0. The van der Waals surface area contributed by atoms with Gasteiger partial charge in [0.1, 0.15) is 10.4 Å². The van der Waals surface area contributed by atoms with Crippen molar-refractivity contribution in [3.8, 4) is 0 Å². The van der Waals surface area contributed by atoms with E-state index in [1.165, 1.54) is 9.21 Å². The van der Waals surface area contributed by atoms with Crippen LogP contribution in [0.2, 0.25) is 0 Å². The quantitative estimate of drug-likeness (QED) is 0.797. The molecule has 2 heterocycles. The van der Waals surface area contributed by atoms with Gasteiger partial charge < -0.3 is 4.90 Å². The number of aromatic nitrogens is 2. The van der Waals surface area contributed by atoms with Gasteiger partial charge in [0.15, 0.2) is 5.52 Å². The van der Waals surface area contributed by atoms with Crippen LogP contribution in [0.5, 0.6) is 0 Å². The number of likely N-dealkylation sites (N-methyl/N-ethyl adjacent to an activating group) is 1. The number of hydrogen-bond acceptors (Lipinski definition) is 5. The Balaban J connectivity index is 1.94. The highest BCUT2D eigenvalue weighted by Crippen LogP contribution is 2.23. The third-order valence-electron chi connectivity index (χ3n) is 3.80. The van der Waals surface area contributed by atoms with Crippen molar-refractivity contribution in [1.29, 1.82) is 0 Å². The van der Waals surface area contributed by atoms with Crippen LogP contribution in [0.1, 0.15) is 6.92 Å². The molecule has 0 bridgehead atoms. The lowest BCUT2D eigenvalue weighted by atomic mass is 10.3. The molecule has 1 fully saturated rings. The Morgan fingerprint density at radius 1 is 1.30 bits per heavy atom. The van der Waals surface area contributed by atoms with Gasteiger partial charge in [-0.2, -0.15) is 4.31 Å². The Morgan fingerprint density at radius 2 is 2.05 bits per heavy atom. The average Bonchev–Trinajstić information content (AvgIpc) is 2.95. The van der Waals surface area contributed by atoms with Crippen molar-refractivity contribution < 1.29 is 17.9 Å². The van der Waals surface area contributed by atoms with Crippen molar-refractivity contribution >= 4 is 21.1 Å². The molecule has 2 aromatic rings. The Labute approximate surface area is 117 Å². The van der Waals surface area contributed by atoms with E-state index in [0.717, 1.165) is 19.6 Å². The van der Waals surface area contributed by atoms with E-state index in [2.05, 4.69) is 21.9 Å². The van der Waals surface area contributed by atoms with Crippen molar-refractivity contribution in [2.75, 3.05) is 32.7 Å². The molecule has 108 valence electrons. The second-order valence-corrected chi connectivity index (χ2v) is 6.80. The normalized spacial score (nSPS) is 18.6. The highest BCUT2D eigenvalue weighted by molar-refractivity contribution is 7.89. The summed E-state index contributed by atoms with van der Waals surface area (Å²) < 4.78 is 31.6. The van der Waals surface area contributed by atoms with Gasteiger partial charge in [-0.05, 0) is 29.4 Å². The SMILES string of the molecule is CC[NH+]1CCN(S(=O)(=O)c2cccc3nonc23)CC1. The topological polar surface area (TPSA) is 80.7 Å². The zero-order chi connectivity index (χ0) is 14.2. The maximum absolute atomic E-state index is 12.7. The van der Waals surface area contributed by atoms with Gasteiger partial charge in [-0.3, -0.25) is 0 Å². The van der Waals surface area contributed by atoms with Crippen LogP contribution >= 0.6 is 0 Å². The summed E-state index contributed by atoms with van der Waals surface area (Å²) in [6, 6.07) is 4.90. The lowest BCUT2D eigenvalue weighted by Crippen LogP contribution is -3.14. The van der Waals surface area contributed by atoms with Crippen LogP contribution in [0.4, 0.5) is 0 Å². The zero-order valence-electron chi connectivity index (χ0n) is 11.2. The number of hydrogen-bond donors (Lipinski definition) is 1. The number of benzene rings is 1. The Kier molecular flexibility index (Phi) is 3.45. The van der Waals surface area contributed by atoms with Gasteiger partial charge in [0.2, 0.25) is 10.0 Å². The Hall–Kier alpha value is -1.51. The predicted octanol–water partition coefficient (Wildman–Crippen LogP) is -0.868. The summed E-state index contributed by atoms with van der Waals surface area (Å²) in [4.78, 5) is 1.61. The van der Waals surface area contributed by atoms with Crippen LogP contribution in [0.3, 0.4) is 0 Å². The lowest BCUT2D eigenvalue weighted by molar-refractivity contribution is -0.901. The largest absolute Gasteiger partial charge is 0.333 e. The highest BCUT2D eigenvalue weighted by Gasteiger charge is 2.31. The second-order valence-electron chi connectivity index (χ2n) is 4.90.